The Bertz CT molecular complexity index is 190. The van der Waals surface area contributed by atoms with E-state index in [0.29, 0.717) is 0 Å². The number of nitrogens with zero attached hydrogens (tertiary/aromatic N) is 1. The second-order valence-corrected chi connectivity index (χ2v) is 5.52. The maximum Gasteiger partial charge on any atom is 0.0280 e. The van der Waals surface area contributed by atoms with Crippen LogP contribution in [0.3, 0.4) is 0 Å². The van der Waals surface area contributed by atoms with Crippen LogP contribution in [-0.2, 0) is 0 Å². The van der Waals surface area contributed by atoms with Gasteiger partial charge in [-0.2, -0.15) is 0 Å². The topological polar surface area (TPSA) is 3.01 Å². The van der Waals surface area contributed by atoms with E-state index in [2.05, 4.69) is 25.7 Å². The van der Waals surface area contributed by atoms with Gasteiger partial charge in [0, 0.05) is 12.1 Å². The van der Waals surface area contributed by atoms with E-state index in [1.165, 1.54) is 38.6 Å². The average molecular weight is 195 g/mol. The molecule has 0 saturated carbocycles. The van der Waals surface area contributed by atoms with Crippen LogP contribution in [0.1, 0.15) is 52.9 Å². The first kappa shape index (κ1) is 10.5. The van der Waals surface area contributed by atoms with Gasteiger partial charge in [0.05, 0.1) is 0 Å². The van der Waals surface area contributed by atoms with Gasteiger partial charge in [0.25, 0.3) is 0 Å². The Kier molecular flexibility index (Phi) is 3.16. The third-order valence-electron chi connectivity index (χ3n) is 4.25. The summed E-state index contributed by atoms with van der Waals surface area (Å²) in [6.07, 6.45) is 7.17. The second-order valence-electron chi connectivity index (χ2n) is 5.52. The maximum absolute atomic E-state index is 2.75. The predicted octanol–water partition coefficient (Wildman–Crippen LogP) is 3.30. The molecule has 1 nitrogen and oxygen atoms in total. The lowest BCUT2D eigenvalue weighted by Crippen LogP contribution is -2.12. The molecular weight excluding hydrogens is 170 g/mol. The molecule has 14 heavy (non-hydrogen) atoms. The van der Waals surface area contributed by atoms with E-state index in [9.17, 15) is 0 Å². The molecule has 0 aromatic rings. The molecule has 5 atom stereocenters. The first-order valence-corrected chi connectivity index (χ1v) is 6.49. The quantitative estimate of drug-likeness (QED) is 0.580. The molecule has 2 heterocycles. The molecule has 5 unspecified atom stereocenters. The molecule has 0 aliphatic carbocycles. The van der Waals surface area contributed by atoms with Crippen LogP contribution in [0.25, 0.3) is 0 Å². The van der Waals surface area contributed by atoms with Gasteiger partial charge >= 0.3 is 0 Å². The first-order valence-electron chi connectivity index (χ1n) is 6.49. The van der Waals surface area contributed by atoms with Gasteiger partial charge in [-0.05, 0) is 37.6 Å². The normalized spacial score (nSPS) is 48.6. The summed E-state index contributed by atoms with van der Waals surface area (Å²) in [4.78, 5) is 2.75. The van der Waals surface area contributed by atoms with E-state index in [1.807, 2.05) is 0 Å². The summed E-state index contributed by atoms with van der Waals surface area (Å²) in [6.45, 7) is 8.63. The largest absolute Gasteiger partial charge is 0.294 e. The average Bonchev–Trinajstić information content (AvgIpc) is 2.84. The van der Waals surface area contributed by atoms with Crippen LogP contribution < -0.4 is 0 Å². The fourth-order valence-corrected chi connectivity index (χ4v) is 3.53. The van der Waals surface area contributed by atoms with Gasteiger partial charge in [-0.15, -0.1) is 0 Å². The van der Waals surface area contributed by atoms with Crippen molar-refractivity contribution in [1.29, 1.82) is 0 Å². The van der Waals surface area contributed by atoms with Crippen molar-refractivity contribution in [3.8, 4) is 0 Å². The lowest BCUT2D eigenvalue weighted by Gasteiger charge is -2.15. The highest BCUT2D eigenvalue weighted by molar-refractivity contribution is 5.04. The lowest BCUT2D eigenvalue weighted by atomic mass is 9.90. The Morgan fingerprint density at radius 1 is 1.21 bits per heavy atom. The molecule has 2 rings (SSSR count). The number of hydrogen-bond acceptors (Lipinski definition) is 1. The summed E-state index contributed by atoms with van der Waals surface area (Å²) in [5.41, 5.74) is 0. The molecule has 0 amide bonds. The van der Waals surface area contributed by atoms with Crippen molar-refractivity contribution >= 4 is 0 Å². The van der Waals surface area contributed by atoms with Crippen molar-refractivity contribution in [3.05, 3.63) is 0 Å². The van der Waals surface area contributed by atoms with Crippen molar-refractivity contribution < 1.29 is 0 Å². The van der Waals surface area contributed by atoms with Crippen LogP contribution in [0, 0.1) is 11.8 Å². The third kappa shape index (κ3) is 1.98. The number of hydrogen-bond donors (Lipinski definition) is 0. The molecule has 2 aliphatic rings. The molecule has 0 spiro atoms. The fourth-order valence-electron chi connectivity index (χ4n) is 3.53. The minimum Gasteiger partial charge on any atom is -0.294 e. The van der Waals surface area contributed by atoms with Gasteiger partial charge in [-0.25, -0.2) is 0 Å². The maximum atomic E-state index is 2.75. The molecule has 2 saturated heterocycles. The zero-order chi connectivity index (χ0) is 10.1. The zero-order valence-electron chi connectivity index (χ0n) is 10.00. The molecule has 82 valence electrons. The number of rotatable bonds is 1. The molecule has 0 N–H and O–H groups in total. The van der Waals surface area contributed by atoms with Crippen LogP contribution in [0.15, 0.2) is 0 Å². The fraction of sp³-hybridized carbons (Fsp3) is 1.00. The monoisotopic (exact) mass is 195 g/mol. The smallest absolute Gasteiger partial charge is 0.0280 e. The molecular formula is C13H25N. The van der Waals surface area contributed by atoms with Crippen LogP contribution in [0.5, 0.6) is 0 Å². The number of fused-ring (bicyclic) bond motifs is 1. The summed E-state index contributed by atoms with van der Waals surface area (Å²) < 4.78 is 0. The van der Waals surface area contributed by atoms with Gasteiger partial charge in [-0.1, -0.05) is 33.6 Å². The van der Waals surface area contributed by atoms with Gasteiger partial charge in [0.1, 0.15) is 0 Å². The highest BCUT2D eigenvalue weighted by Crippen LogP contribution is 2.40. The Morgan fingerprint density at radius 2 is 2.00 bits per heavy atom. The first-order chi connectivity index (χ1) is 6.74. The van der Waals surface area contributed by atoms with Crippen LogP contribution in [0.4, 0.5) is 0 Å². The standard InChI is InChI=1S/C13H25N/c1-4-12-13-11(3)9-10(2)7-5-6-8-14(12)13/h10-13H,4-9H2,1-3H3. The van der Waals surface area contributed by atoms with E-state index in [1.54, 1.807) is 0 Å². The van der Waals surface area contributed by atoms with Gasteiger partial charge in [0.2, 0.25) is 0 Å². The SMILES string of the molecule is CCC1C2C(C)CC(C)CCCCN12. The van der Waals surface area contributed by atoms with E-state index in [4.69, 9.17) is 0 Å². The van der Waals surface area contributed by atoms with Crippen LogP contribution >= 0.6 is 0 Å². The van der Waals surface area contributed by atoms with E-state index in [0.717, 1.165) is 23.9 Å². The molecule has 0 aromatic heterocycles. The van der Waals surface area contributed by atoms with Crippen molar-refractivity contribution in [1.82, 2.24) is 4.90 Å². The van der Waals surface area contributed by atoms with E-state index in [-0.39, 0.29) is 0 Å². The van der Waals surface area contributed by atoms with Crippen molar-refractivity contribution in [2.75, 3.05) is 6.54 Å². The molecule has 2 aliphatic heterocycles. The lowest BCUT2D eigenvalue weighted by molar-refractivity contribution is 0.370. The minimum atomic E-state index is 0.938. The summed E-state index contributed by atoms with van der Waals surface area (Å²) in [7, 11) is 0. The Hall–Kier alpha value is -0.0400. The van der Waals surface area contributed by atoms with Gasteiger partial charge in [-0.3, -0.25) is 4.90 Å². The molecule has 2 fully saturated rings. The summed E-state index contributed by atoms with van der Waals surface area (Å²) >= 11 is 0. The Morgan fingerprint density at radius 3 is 2.71 bits per heavy atom. The molecule has 0 aromatic carbocycles. The van der Waals surface area contributed by atoms with E-state index >= 15 is 0 Å². The highest BCUT2D eigenvalue weighted by Gasteiger charge is 2.48. The van der Waals surface area contributed by atoms with E-state index < -0.39 is 0 Å². The van der Waals surface area contributed by atoms with Gasteiger partial charge < -0.3 is 0 Å². The minimum absolute atomic E-state index is 0.938. The summed E-state index contributed by atoms with van der Waals surface area (Å²) in [5.74, 6) is 1.90. The van der Waals surface area contributed by atoms with Crippen molar-refractivity contribution in [2.24, 2.45) is 11.8 Å². The summed E-state index contributed by atoms with van der Waals surface area (Å²) in [5, 5.41) is 0. The predicted molar refractivity (Wildman–Crippen MR) is 61.4 cm³/mol. The van der Waals surface area contributed by atoms with Crippen LogP contribution in [0.2, 0.25) is 0 Å². The van der Waals surface area contributed by atoms with Crippen molar-refractivity contribution in [2.45, 2.75) is 65.0 Å². The molecule has 0 radical (unpaired) electrons. The zero-order valence-corrected chi connectivity index (χ0v) is 10.00. The Balaban J connectivity index is 1.96. The Labute approximate surface area is 88.9 Å². The highest BCUT2D eigenvalue weighted by atomic mass is 15.3. The van der Waals surface area contributed by atoms with Gasteiger partial charge in [0.15, 0.2) is 0 Å². The molecule has 0 bridgehead atoms. The third-order valence-corrected chi connectivity index (χ3v) is 4.25. The molecule has 1 heteroatoms. The van der Waals surface area contributed by atoms with Crippen molar-refractivity contribution in [3.63, 3.8) is 0 Å². The second kappa shape index (κ2) is 4.22. The van der Waals surface area contributed by atoms with Crippen LogP contribution in [-0.4, -0.2) is 23.5 Å². The summed E-state index contributed by atoms with van der Waals surface area (Å²) in [6, 6.07) is 1.89.